The average Bonchev–Trinajstić information content (AvgIpc) is 2.57. The highest BCUT2D eigenvalue weighted by Crippen LogP contribution is 2.31. The van der Waals surface area contributed by atoms with Crippen LogP contribution in [-0.2, 0) is 0 Å². The summed E-state index contributed by atoms with van der Waals surface area (Å²) in [5.74, 6) is 1.36. The van der Waals surface area contributed by atoms with Crippen molar-refractivity contribution in [2.24, 2.45) is 5.73 Å². The Kier molecular flexibility index (Phi) is 4.58. The zero-order valence-corrected chi connectivity index (χ0v) is 14.3. The van der Waals surface area contributed by atoms with Crippen molar-refractivity contribution in [2.75, 3.05) is 25.1 Å². The number of piperidine rings is 1. The molecule has 2 unspecified atom stereocenters. The summed E-state index contributed by atoms with van der Waals surface area (Å²) in [6.07, 6.45) is 1.02. The minimum atomic E-state index is 0.196. The first kappa shape index (κ1) is 15.9. The predicted octanol–water partition coefficient (Wildman–Crippen LogP) is 3.63. The van der Waals surface area contributed by atoms with Gasteiger partial charge in [0.1, 0.15) is 5.75 Å². The summed E-state index contributed by atoms with van der Waals surface area (Å²) in [7, 11) is 1.72. The maximum atomic E-state index is 6.36. The van der Waals surface area contributed by atoms with Gasteiger partial charge in [-0.15, -0.1) is 0 Å². The van der Waals surface area contributed by atoms with Crippen LogP contribution in [0.1, 0.15) is 29.0 Å². The van der Waals surface area contributed by atoms with Crippen LogP contribution in [0.5, 0.6) is 5.75 Å². The number of rotatable bonds is 3. The first-order valence-corrected chi connectivity index (χ1v) is 8.28. The smallest absolute Gasteiger partial charge is 0.119 e. The van der Waals surface area contributed by atoms with Gasteiger partial charge in [0.25, 0.3) is 0 Å². The highest BCUT2D eigenvalue weighted by Gasteiger charge is 2.26. The highest BCUT2D eigenvalue weighted by atomic mass is 16.5. The van der Waals surface area contributed by atoms with E-state index in [0.29, 0.717) is 5.92 Å². The van der Waals surface area contributed by atoms with Crippen LogP contribution in [-0.4, -0.2) is 26.2 Å². The molecule has 0 aromatic heterocycles. The van der Waals surface area contributed by atoms with E-state index in [-0.39, 0.29) is 6.04 Å². The van der Waals surface area contributed by atoms with Gasteiger partial charge < -0.3 is 15.4 Å². The molecule has 1 heterocycles. The van der Waals surface area contributed by atoms with E-state index in [0.717, 1.165) is 25.3 Å². The summed E-state index contributed by atoms with van der Waals surface area (Å²) < 4.78 is 5.37. The number of nitrogens with two attached hydrogens (primary N) is 1. The number of hydrogen-bond acceptors (Lipinski definition) is 3. The van der Waals surface area contributed by atoms with E-state index >= 15 is 0 Å². The molecule has 0 saturated carbocycles. The van der Waals surface area contributed by atoms with Crippen molar-refractivity contribution in [3.8, 4) is 5.75 Å². The SMILES string of the molecule is COc1cccc(C2CC(N)CN(c3ccc(C)c(C)c3)C2)c1. The number of anilines is 1. The molecule has 1 saturated heterocycles. The van der Waals surface area contributed by atoms with Crippen LogP contribution < -0.4 is 15.4 Å². The predicted molar refractivity (Wildman–Crippen MR) is 96.5 cm³/mol. The topological polar surface area (TPSA) is 38.5 Å². The van der Waals surface area contributed by atoms with Gasteiger partial charge in [0.15, 0.2) is 0 Å². The van der Waals surface area contributed by atoms with Crippen molar-refractivity contribution in [3.63, 3.8) is 0 Å². The Morgan fingerprint density at radius 2 is 1.87 bits per heavy atom. The van der Waals surface area contributed by atoms with Gasteiger partial charge in [-0.05, 0) is 61.2 Å². The maximum absolute atomic E-state index is 6.36. The van der Waals surface area contributed by atoms with Crippen LogP contribution >= 0.6 is 0 Å². The third-order valence-electron chi connectivity index (χ3n) is 4.90. The molecule has 3 rings (SSSR count). The van der Waals surface area contributed by atoms with Gasteiger partial charge in [-0.3, -0.25) is 0 Å². The Morgan fingerprint density at radius 3 is 2.61 bits per heavy atom. The van der Waals surface area contributed by atoms with Crippen molar-refractivity contribution < 1.29 is 4.74 Å². The van der Waals surface area contributed by atoms with Crippen molar-refractivity contribution in [3.05, 3.63) is 59.2 Å². The Bertz CT molecular complexity index is 683. The molecule has 2 aromatic rings. The van der Waals surface area contributed by atoms with Crippen molar-refractivity contribution in [2.45, 2.75) is 32.2 Å². The molecule has 2 atom stereocenters. The molecule has 0 spiro atoms. The Hall–Kier alpha value is -2.00. The summed E-state index contributed by atoms with van der Waals surface area (Å²) in [5, 5.41) is 0. The van der Waals surface area contributed by atoms with Gasteiger partial charge in [0.2, 0.25) is 0 Å². The molecular formula is C20H26N2O. The number of ether oxygens (including phenoxy) is 1. The zero-order valence-electron chi connectivity index (χ0n) is 14.3. The van der Waals surface area contributed by atoms with Crippen LogP contribution in [0.2, 0.25) is 0 Å². The lowest BCUT2D eigenvalue weighted by atomic mass is 9.88. The average molecular weight is 310 g/mol. The molecule has 122 valence electrons. The molecule has 1 fully saturated rings. The van der Waals surface area contributed by atoms with Crippen LogP contribution in [0.3, 0.4) is 0 Å². The largest absolute Gasteiger partial charge is 0.497 e. The third kappa shape index (κ3) is 3.50. The van der Waals surface area contributed by atoms with Crippen molar-refractivity contribution in [1.29, 1.82) is 0 Å². The Balaban J connectivity index is 1.85. The van der Waals surface area contributed by atoms with Crippen LogP contribution in [0, 0.1) is 13.8 Å². The molecule has 0 bridgehead atoms. The molecule has 1 aliphatic rings. The van der Waals surface area contributed by atoms with Crippen molar-refractivity contribution >= 4 is 5.69 Å². The quantitative estimate of drug-likeness (QED) is 0.941. The van der Waals surface area contributed by atoms with E-state index < -0.39 is 0 Å². The van der Waals surface area contributed by atoms with E-state index in [4.69, 9.17) is 10.5 Å². The number of benzene rings is 2. The molecule has 23 heavy (non-hydrogen) atoms. The zero-order chi connectivity index (χ0) is 16.4. The van der Waals surface area contributed by atoms with Gasteiger partial charge in [0.05, 0.1) is 7.11 Å². The summed E-state index contributed by atoms with van der Waals surface area (Å²) in [6, 6.07) is 15.3. The third-order valence-corrected chi connectivity index (χ3v) is 4.90. The van der Waals surface area contributed by atoms with Gasteiger partial charge in [-0.1, -0.05) is 18.2 Å². The fourth-order valence-electron chi connectivity index (χ4n) is 3.41. The molecule has 2 N–H and O–H groups in total. The first-order chi connectivity index (χ1) is 11.1. The van der Waals surface area contributed by atoms with Gasteiger partial charge in [-0.25, -0.2) is 0 Å². The number of nitrogens with zero attached hydrogens (tertiary/aromatic N) is 1. The molecule has 2 aromatic carbocycles. The summed E-state index contributed by atoms with van der Waals surface area (Å²) in [4.78, 5) is 2.42. The molecule has 0 radical (unpaired) electrons. The maximum Gasteiger partial charge on any atom is 0.119 e. The van der Waals surface area contributed by atoms with E-state index in [1.165, 1.54) is 22.4 Å². The van der Waals surface area contributed by atoms with E-state index in [9.17, 15) is 0 Å². The van der Waals surface area contributed by atoms with Crippen LogP contribution in [0.4, 0.5) is 5.69 Å². The molecule has 3 nitrogen and oxygen atoms in total. The summed E-state index contributed by atoms with van der Waals surface area (Å²) in [5.41, 5.74) is 11.6. The lowest BCUT2D eigenvalue weighted by molar-refractivity contribution is 0.411. The van der Waals surface area contributed by atoms with E-state index in [1.807, 2.05) is 6.07 Å². The molecule has 0 aliphatic carbocycles. The fraction of sp³-hybridized carbons (Fsp3) is 0.400. The summed E-state index contributed by atoms with van der Waals surface area (Å²) in [6.45, 7) is 6.24. The number of aryl methyl sites for hydroxylation is 2. The second kappa shape index (κ2) is 6.63. The Morgan fingerprint density at radius 1 is 1.04 bits per heavy atom. The second-order valence-corrected chi connectivity index (χ2v) is 6.64. The lowest BCUT2D eigenvalue weighted by Crippen LogP contribution is -2.46. The van der Waals surface area contributed by atoms with Gasteiger partial charge in [-0.2, -0.15) is 0 Å². The van der Waals surface area contributed by atoms with Gasteiger partial charge in [0, 0.05) is 30.7 Å². The monoisotopic (exact) mass is 310 g/mol. The van der Waals surface area contributed by atoms with Crippen LogP contribution in [0.15, 0.2) is 42.5 Å². The van der Waals surface area contributed by atoms with E-state index in [2.05, 4.69) is 55.1 Å². The van der Waals surface area contributed by atoms with E-state index in [1.54, 1.807) is 7.11 Å². The standard InChI is InChI=1S/C20H26N2O/c1-14-7-8-19(9-15(14)2)22-12-17(10-18(21)13-22)16-5-4-6-20(11-16)23-3/h4-9,11,17-18H,10,12-13,21H2,1-3H3. The summed E-state index contributed by atoms with van der Waals surface area (Å²) >= 11 is 0. The van der Waals surface area contributed by atoms with Crippen molar-refractivity contribution in [1.82, 2.24) is 0 Å². The molecule has 0 amide bonds. The first-order valence-electron chi connectivity index (χ1n) is 8.28. The highest BCUT2D eigenvalue weighted by molar-refractivity contribution is 5.52. The fourth-order valence-corrected chi connectivity index (χ4v) is 3.41. The minimum Gasteiger partial charge on any atom is -0.497 e. The molecule has 1 aliphatic heterocycles. The second-order valence-electron chi connectivity index (χ2n) is 6.64. The molecular weight excluding hydrogens is 284 g/mol. The normalized spacial score (nSPS) is 21.3. The lowest BCUT2D eigenvalue weighted by Gasteiger charge is -2.38. The minimum absolute atomic E-state index is 0.196. The van der Waals surface area contributed by atoms with Crippen LogP contribution in [0.25, 0.3) is 0 Å². The van der Waals surface area contributed by atoms with Gasteiger partial charge >= 0.3 is 0 Å². The number of hydrogen-bond donors (Lipinski definition) is 1. The number of methoxy groups -OCH3 is 1. The Labute approximate surface area is 139 Å². The molecule has 3 heteroatoms.